The number of nitrogens with one attached hydrogen (secondary N) is 2. The highest BCUT2D eigenvalue weighted by Gasteiger charge is 2.17. The molecular weight excluding hydrogens is 374 g/mol. The molecule has 0 aliphatic rings. The normalized spacial score (nSPS) is 12.0. The van der Waals surface area contributed by atoms with Crippen molar-refractivity contribution in [2.75, 3.05) is 5.32 Å². The first kappa shape index (κ1) is 19.6. The summed E-state index contributed by atoms with van der Waals surface area (Å²) in [7, 11) is 0. The van der Waals surface area contributed by atoms with Gasteiger partial charge in [-0.15, -0.1) is 0 Å². The van der Waals surface area contributed by atoms with E-state index in [1.165, 1.54) is 6.08 Å². The minimum atomic E-state index is -1.09. The third-order valence-electron chi connectivity index (χ3n) is 5.30. The van der Waals surface area contributed by atoms with E-state index in [4.69, 9.17) is 5.73 Å². The maximum Gasteiger partial charge on any atom is 0.247 e. The predicted molar refractivity (Wildman–Crippen MR) is 122 cm³/mol. The lowest BCUT2D eigenvalue weighted by Crippen LogP contribution is -2.09. The Bertz CT molecular complexity index is 1240. The summed E-state index contributed by atoms with van der Waals surface area (Å²) in [6, 6.07) is 21.6. The second-order valence-corrected chi connectivity index (χ2v) is 7.16. The number of carbonyl (C=O) groups excluding carboxylic acids is 1. The molecule has 0 aliphatic heterocycles. The van der Waals surface area contributed by atoms with Crippen LogP contribution in [0, 0.1) is 6.92 Å². The summed E-state index contributed by atoms with van der Waals surface area (Å²) in [5.74, 6) is -0.255. The van der Waals surface area contributed by atoms with Crippen LogP contribution < -0.4 is 11.1 Å². The van der Waals surface area contributed by atoms with Gasteiger partial charge in [-0.3, -0.25) is 4.79 Å². The van der Waals surface area contributed by atoms with Crippen molar-refractivity contribution in [2.45, 2.75) is 13.2 Å². The second kappa shape index (κ2) is 7.99. The lowest BCUT2D eigenvalue weighted by molar-refractivity contribution is -0.111. The number of anilines is 1. The molecule has 1 aromatic heterocycles. The number of benzene rings is 3. The van der Waals surface area contributed by atoms with Crippen LogP contribution in [0.2, 0.25) is 0 Å². The fourth-order valence-electron chi connectivity index (χ4n) is 3.74. The Hall–Kier alpha value is -3.67. The van der Waals surface area contributed by atoms with Crippen molar-refractivity contribution in [1.82, 2.24) is 4.98 Å². The molecule has 0 saturated heterocycles. The van der Waals surface area contributed by atoms with E-state index in [1.54, 1.807) is 0 Å². The van der Waals surface area contributed by atoms with Crippen molar-refractivity contribution in [3.05, 3.63) is 90.5 Å². The Balaban J connectivity index is 1.93. The van der Waals surface area contributed by atoms with Gasteiger partial charge in [0.05, 0.1) is 5.52 Å². The smallest absolute Gasteiger partial charge is 0.247 e. The summed E-state index contributed by atoms with van der Waals surface area (Å²) in [4.78, 5) is 15.2. The van der Waals surface area contributed by atoms with Gasteiger partial charge < -0.3 is 21.1 Å². The number of rotatable bonds is 5. The van der Waals surface area contributed by atoms with E-state index in [1.807, 2.05) is 67.6 Å². The van der Waals surface area contributed by atoms with Gasteiger partial charge in [0.25, 0.3) is 0 Å². The number of aliphatic hydroxyl groups is 1. The van der Waals surface area contributed by atoms with Gasteiger partial charge in [0.15, 0.2) is 0 Å². The van der Waals surface area contributed by atoms with Gasteiger partial charge in [0, 0.05) is 22.3 Å². The van der Waals surface area contributed by atoms with Gasteiger partial charge in [0.1, 0.15) is 6.23 Å². The maximum absolute atomic E-state index is 11.8. The molecule has 0 saturated carbocycles. The molecule has 1 heterocycles. The van der Waals surface area contributed by atoms with Gasteiger partial charge in [-0.2, -0.15) is 0 Å². The van der Waals surface area contributed by atoms with Crippen molar-refractivity contribution >= 4 is 22.5 Å². The fourth-order valence-corrected chi connectivity index (χ4v) is 3.74. The van der Waals surface area contributed by atoms with Crippen LogP contribution in [0.25, 0.3) is 33.3 Å². The molecule has 30 heavy (non-hydrogen) atoms. The third-order valence-corrected chi connectivity index (χ3v) is 5.30. The number of nitrogens with two attached hydrogens (primary N) is 1. The number of aromatic nitrogens is 1. The molecule has 0 aliphatic carbocycles. The van der Waals surface area contributed by atoms with Crippen LogP contribution in [0.5, 0.6) is 0 Å². The lowest BCUT2D eigenvalue weighted by Gasteiger charge is -2.14. The molecule has 1 atom stereocenters. The highest BCUT2D eigenvalue weighted by molar-refractivity contribution is 6.03. The lowest BCUT2D eigenvalue weighted by atomic mass is 9.94. The van der Waals surface area contributed by atoms with E-state index in [2.05, 4.69) is 22.9 Å². The van der Waals surface area contributed by atoms with Crippen molar-refractivity contribution < 1.29 is 9.90 Å². The van der Waals surface area contributed by atoms with Crippen molar-refractivity contribution in [2.24, 2.45) is 5.73 Å². The molecule has 0 bridgehead atoms. The molecular formula is C25H23N3O2. The number of fused-ring (bicyclic) bond motifs is 1. The van der Waals surface area contributed by atoms with Crippen molar-refractivity contribution in [1.29, 1.82) is 0 Å². The molecule has 4 aromatic rings. The largest absolute Gasteiger partial charge is 0.374 e. The Labute approximate surface area is 174 Å². The van der Waals surface area contributed by atoms with Crippen LogP contribution >= 0.6 is 0 Å². The zero-order valence-corrected chi connectivity index (χ0v) is 16.6. The first-order chi connectivity index (χ1) is 14.5. The van der Waals surface area contributed by atoms with Gasteiger partial charge in [-0.05, 0) is 47.4 Å². The summed E-state index contributed by atoms with van der Waals surface area (Å²) in [6.07, 6.45) is 0.156. The van der Waals surface area contributed by atoms with Crippen LogP contribution in [-0.4, -0.2) is 16.0 Å². The standard InChI is InChI=1S/C25H23N3O2/c1-3-23(29)27-21-11-7-10-17(15(21)2)18-12-13-19(25(26)30)24-20(18)14-22(28-24)16-8-5-4-6-9-16/h3-14,25,28,30H,1,26H2,2H3,(H,27,29). The minimum Gasteiger partial charge on any atom is -0.374 e. The van der Waals surface area contributed by atoms with Crippen LogP contribution in [0.3, 0.4) is 0 Å². The van der Waals surface area contributed by atoms with Gasteiger partial charge >= 0.3 is 0 Å². The number of hydrogen-bond donors (Lipinski definition) is 4. The zero-order valence-electron chi connectivity index (χ0n) is 16.6. The molecule has 5 nitrogen and oxygen atoms in total. The SMILES string of the molecule is C=CC(=O)Nc1cccc(-c2ccc(C(N)O)c3[nH]c(-c4ccccc4)cc23)c1C. The van der Waals surface area contributed by atoms with Crippen LogP contribution in [0.4, 0.5) is 5.69 Å². The van der Waals surface area contributed by atoms with Crippen LogP contribution in [-0.2, 0) is 4.79 Å². The molecule has 0 spiro atoms. The average molecular weight is 397 g/mol. The molecule has 3 aromatic carbocycles. The average Bonchev–Trinajstić information content (AvgIpc) is 3.20. The van der Waals surface area contributed by atoms with E-state index in [0.717, 1.165) is 44.5 Å². The molecule has 0 radical (unpaired) electrons. The molecule has 0 fully saturated rings. The first-order valence-corrected chi connectivity index (χ1v) is 9.67. The summed E-state index contributed by atoms with van der Waals surface area (Å²) in [6.45, 7) is 5.48. The zero-order chi connectivity index (χ0) is 21.3. The molecule has 5 N–H and O–H groups in total. The molecule has 1 unspecified atom stereocenters. The number of aliphatic hydroxyl groups excluding tert-OH is 1. The number of hydrogen-bond acceptors (Lipinski definition) is 3. The maximum atomic E-state index is 11.8. The number of aromatic amines is 1. The van der Waals surface area contributed by atoms with Gasteiger partial charge in [-0.1, -0.05) is 61.2 Å². The highest BCUT2D eigenvalue weighted by atomic mass is 16.3. The topological polar surface area (TPSA) is 91.1 Å². The minimum absolute atomic E-state index is 0.255. The van der Waals surface area contributed by atoms with Gasteiger partial charge in [0.2, 0.25) is 5.91 Å². The van der Waals surface area contributed by atoms with E-state index < -0.39 is 6.23 Å². The second-order valence-electron chi connectivity index (χ2n) is 7.16. The quantitative estimate of drug-likeness (QED) is 0.286. The Morgan fingerprint density at radius 2 is 1.87 bits per heavy atom. The van der Waals surface area contributed by atoms with Crippen molar-refractivity contribution in [3.8, 4) is 22.4 Å². The molecule has 1 amide bonds. The Kier molecular flexibility index (Phi) is 5.23. The van der Waals surface area contributed by atoms with Crippen molar-refractivity contribution in [3.63, 3.8) is 0 Å². The molecule has 150 valence electrons. The van der Waals surface area contributed by atoms with E-state index >= 15 is 0 Å². The molecule has 4 rings (SSSR count). The number of H-pyrrole nitrogens is 1. The van der Waals surface area contributed by atoms with Crippen LogP contribution in [0.1, 0.15) is 17.4 Å². The summed E-state index contributed by atoms with van der Waals surface area (Å²) < 4.78 is 0. The Morgan fingerprint density at radius 3 is 2.57 bits per heavy atom. The first-order valence-electron chi connectivity index (χ1n) is 9.67. The van der Waals surface area contributed by atoms with Crippen LogP contribution in [0.15, 0.2) is 79.4 Å². The van der Waals surface area contributed by atoms with Gasteiger partial charge in [-0.25, -0.2) is 0 Å². The van der Waals surface area contributed by atoms with E-state index in [0.29, 0.717) is 5.56 Å². The fraction of sp³-hybridized carbons (Fsp3) is 0.0800. The Morgan fingerprint density at radius 1 is 1.10 bits per heavy atom. The summed E-state index contributed by atoms with van der Waals surface area (Å²) >= 11 is 0. The predicted octanol–water partition coefficient (Wildman–Crippen LogP) is 4.88. The highest BCUT2D eigenvalue weighted by Crippen LogP contribution is 2.38. The number of amides is 1. The summed E-state index contributed by atoms with van der Waals surface area (Å²) in [5.41, 5.74) is 12.9. The number of carbonyl (C=O) groups is 1. The van der Waals surface area contributed by atoms with E-state index in [-0.39, 0.29) is 5.91 Å². The molecule has 5 heteroatoms. The summed E-state index contributed by atoms with van der Waals surface area (Å²) in [5, 5.41) is 13.9. The third kappa shape index (κ3) is 3.52. The monoisotopic (exact) mass is 397 g/mol. The van der Waals surface area contributed by atoms with E-state index in [9.17, 15) is 9.90 Å².